The van der Waals surface area contributed by atoms with Crippen molar-refractivity contribution in [3.63, 3.8) is 0 Å². The molecular formula is C17H16N6O. The van der Waals surface area contributed by atoms with Gasteiger partial charge in [-0.25, -0.2) is 14.2 Å². The molecule has 3 heterocycles. The van der Waals surface area contributed by atoms with Crippen molar-refractivity contribution in [2.45, 2.75) is 13.2 Å². The number of anilines is 1. The molecule has 0 saturated carbocycles. The van der Waals surface area contributed by atoms with Crippen LogP contribution in [-0.2, 0) is 0 Å². The minimum atomic E-state index is -0.948. The average Bonchev–Trinajstić information content (AvgIpc) is 3.19. The summed E-state index contributed by atoms with van der Waals surface area (Å²) in [5, 5.41) is 22.4. The maximum Gasteiger partial charge on any atom is 0.162 e. The van der Waals surface area contributed by atoms with Crippen molar-refractivity contribution < 1.29 is 5.11 Å². The predicted molar refractivity (Wildman–Crippen MR) is 89.9 cm³/mol. The highest BCUT2D eigenvalue weighted by Gasteiger charge is 2.17. The number of aromatic nitrogens is 5. The summed E-state index contributed by atoms with van der Waals surface area (Å²) >= 11 is 0. The standard InChI is InChI=1S/C17H16N6O/c1-12-10-15(23(21-12)13-6-3-2-4-7-13)20-17(24)14-11-19-22-9-5-8-18-16(14)22/h2-11,17,20,24H,1H3. The monoisotopic (exact) mass is 320 g/mol. The maximum absolute atomic E-state index is 10.6. The summed E-state index contributed by atoms with van der Waals surface area (Å²) in [6, 6.07) is 13.4. The van der Waals surface area contributed by atoms with Crippen LogP contribution in [0.3, 0.4) is 0 Å². The van der Waals surface area contributed by atoms with Crippen LogP contribution in [0.4, 0.5) is 5.82 Å². The highest BCUT2D eigenvalue weighted by Crippen LogP contribution is 2.23. The van der Waals surface area contributed by atoms with Crippen molar-refractivity contribution >= 4 is 11.5 Å². The normalized spacial score (nSPS) is 12.4. The lowest BCUT2D eigenvalue weighted by Crippen LogP contribution is -2.13. The number of rotatable bonds is 4. The van der Waals surface area contributed by atoms with Gasteiger partial charge in [0, 0.05) is 18.5 Å². The highest BCUT2D eigenvalue weighted by atomic mass is 16.3. The van der Waals surface area contributed by atoms with Gasteiger partial charge in [0.05, 0.1) is 23.1 Å². The van der Waals surface area contributed by atoms with Crippen LogP contribution in [0.5, 0.6) is 0 Å². The Morgan fingerprint density at radius 1 is 1.17 bits per heavy atom. The molecule has 1 atom stereocenters. The van der Waals surface area contributed by atoms with Gasteiger partial charge < -0.3 is 10.4 Å². The Morgan fingerprint density at radius 2 is 2.00 bits per heavy atom. The SMILES string of the molecule is Cc1cc(NC(O)c2cnn3cccnc23)n(-c2ccccc2)n1. The maximum atomic E-state index is 10.6. The Kier molecular flexibility index (Phi) is 3.47. The van der Waals surface area contributed by atoms with Gasteiger partial charge in [-0.2, -0.15) is 10.2 Å². The Hall–Kier alpha value is -3.19. The molecule has 4 aromatic rings. The zero-order chi connectivity index (χ0) is 16.5. The summed E-state index contributed by atoms with van der Waals surface area (Å²) in [7, 11) is 0. The lowest BCUT2D eigenvalue weighted by molar-refractivity contribution is 0.208. The molecule has 0 amide bonds. The largest absolute Gasteiger partial charge is 0.369 e. The zero-order valence-corrected chi connectivity index (χ0v) is 13.0. The number of aliphatic hydroxyl groups excluding tert-OH is 1. The third-order valence-electron chi connectivity index (χ3n) is 3.72. The van der Waals surface area contributed by atoms with Gasteiger partial charge >= 0.3 is 0 Å². The molecule has 0 fully saturated rings. The summed E-state index contributed by atoms with van der Waals surface area (Å²) in [6.07, 6.45) is 4.12. The first kappa shape index (κ1) is 14.4. The number of aliphatic hydroxyl groups is 1. The van der Waals surface area contributed by atoms with Crippen LogP contribution in [0, 0.1) is 6.92 Å². The second kappa shape index (κ2) is 5.78. The molecule has 2 N–H and O–H groups in total. The molecular weight excluding hydrogens is 304 g/mol. The van der Waals surface area contributed by atoms with Gasteiger partial charge in [0.15, 0.2) is 11.9 Å². The van der Waals surface area contributed by atoms with E-state index in [0.717, 1.165) is 11.4 Å². The van der Waals surface area contributed by atoms with Crippen LogP contribution in [-0.4, -0.2) is 29.5 Å². The molecule has 0 bridgehead atoms. The van der Waals surface area contributed by atoms with Crippen molar-refractivity contribution in [3.05, 3.63) is 72.3 Å². The molecule has 1 unspecified atom stereocenters. The third-order valence-corrected chi connectivity index (χ3v) is 3.72. The van der Waals surface area contributed by atoms with E-state index >= 15 is 0 Å². The Balaban J connectivity index is 1.68. The van der Waals surface area contributed by atoms with Gasteiger partial charge in [-0.3, -0.25) is 0 Å². The fourth-order valence-corrected chi connectivity index (χ4v) is 2.62. The molecule has 3 aromatic heterocycles. The predicted octanol–water partition coefficient (Wildman–Crippen LogP) is 2.33. The number of benzene rings is 1. The average molecular weight is 320 g/mol. The van der Waals surface area contributed by atoms with Crippen LogP contribution in [0.2, 0.25) is 0 Å². The van der Waals surface area contributed by atoms with Gasteiger partial charge in [0.1, 0.15) is 5.82 Å². The molecule has 1 aromatic carbocycles. The molecule has 0 saturated heterocycles. The molecule has 0 aliphatic rings. The first-order chi connectivity index (χ1) is 11.7. The van der Waals surface area contributed by atoms with Crippen molar-refractivity contribution in [2.75, 3.05) is 5.32 Å². The van der Waals surface area contributed by atoms with E-state index in [0.29, 0.717) is 17.0 Å². The molecule has 24 heavy (non-hydrogen) atoms. The molecule has 120 valence electrons. The second-order valence-corrected chi connectivity index (χ2v) is 5.45. The first-order valence-corrected chi connectivity index (χ1v) is 7.57. The fourth-order valence-electron chi connectivity index (χ4n) is 2.62. The van der Waals surface area contributed by atoms with Gasteiger partial charge in [0.2, 0.25) is 0 Å². The van der Waals surface area contributed by atoms with E-state index in [4.69, 9.17) is 0 Å². The van der Waals surface area contributed by atoms with E-state index in [1.807, 2.05) is 43.3 Å². The van der Waals surface area contributed by atoms with E-state index in [2.05, 4.69) is 20.5 Å². The van der Waals surface area contributed by atoms with Crippen LogP contribution >= 0.6 is 0 Å². The van der Waals surface area contributed by atoms with Gasteiger partial charge in [-0.05, 0) is 25.1 Å². The quantitative estimate of drug-likeness (QED) is 0.564. The van der Waals surface area contributed by atoms with Crippen LogP contribution in [0.25, 0.3) is 11.3 Å². The molecule has 4 rings (SSSR count). The molecule has 0 radical (unpaired) electrons. The van der Waals surface area contributed by atoms with Crippen LogP contribution in [0.15, 0.2) is 61.1 Å². The van der Waals surface area contributed by atoms with Gasteiger partial charge in [-0.1, -0.05) is 18.2 Å². The van der Waals surface area contributed by atoms with Crippen LogP contribution < -0.4 is 5.32 Å². The second-order valence-electron chi connectivity index (χ2n) is 5.45. The fraction of sp³-hybridized carbons (Fsp3) is 0.118. The number of hydrogen-bond acceptors (Lipinski definition) is 5. The summed E-state index contributed by atoms with van der Waals surface area (Å²) in [5.41, 5.74) is 2.99. The van der Waals surface area contributed by atoms with Crippen molar-refractivity contribution in [3.8, 4) is 5.69 Å². The summed E-state index contributed by atoms with van der Waals surface area (Å²) in [6.45, 7) is 1.91. The summed E-state index contributed by atoms with van der Waals surface area (Å²) < 4.78 is 3.39. The third kappa shape index (κ3) is 2.50. The number of fused-ring (bicyclic) bond motifs is 1. The zero-order valence-electron chi connectivity index (χ0n) is 13.0. The van der Waals surface area contributed by atoms with Gasteiger partial charge in [-0.15, -0.1) is 0 Å². The lowest BCUT2D eigenvalue weighted by atomic mass is 10.3. The molecule has 0 aliphatic carbocycles. The van der Waals surface area contributed by atoms with Crippen molar-refractivity contribution in [1.29, 1.82) is 0 Å². The first-order valence-electron chi connectivity index (χ1n) is 7.57. The van der Waals surface area contributed by atoms with Crippen molar-refractivity contribution in [2.24, 2.45) is 0 Å². The topological polar surface area (TPSA) is 80.3 Å². The Labute approximate surface area is 138 Å². The number of hydrogen-bond donors (Lipinski definition) is 2. The summed E-state index contributed by atoms with van der Waals surface area (Å²) in [5.74, 6) is 0.696. The summed E-state index contributed by atoms with van der Waals surface area (Å²) in [4.78, 5) is 4.27. The smallest absolute Gasteiger partial charge is 0.162 e. The van der Waals surface area contributed by atoms with E-state index in [9.17, 15) is 5.11 Å². The minimum Gasteiger partial charge on any atom is -0.369 e. The Morgan fingerprint density at radius 3 is 2.83 bits per heavy atom. The highest BCUT2D eigenvalue weighted by molar-refractivity contribution is 5.52. The van der Waals surface area contributed by atoms with E-state index in [1.165, 1.54) is 0 Å². The van der Waals surface area contributed by atoms with Gasteiger partial charge in [0.25, 0.3) is 0 Å². The lowest BCUT2D eigenvalue weighted by Gasteiger charge is -2.14. The number of aryl methyl sites for hydroxylation is 1. The Bertz CT molecular complexity index is 975. The molecule has 0 aliphatic heterocycles. The van der Waals surface area contributed by atoms with E-state index in [1.54, 1.807) is 33.9 Å². The molecule has 7 heteroatoms. The molecule has 0 spiro atoms. The van der Waals surface area contributed by atoms with E-state index < -0.39 is 6.23 Å². The van der Waals surface area contributed by atoms with E-state index in [-0.39, 0.29) is 0 Å². The minimum absolute atomic E-state index is 0.606. The number of nitrogens with zero attached hydrogens (tertiary/aromatic N) is 5. The van der Waals surface area contributed by atoms with Crippen molar-refractivity contribution in [1.82, 2.24) is 24.4 Å². The molecule has 7 nitrogen and oxygen atoms in total. The number of para-hydroxylation sites is 1. The van der Waals surface area contributed by atoms with Crippen LogP contribution in [0.1, 0.15) is 17.5 Å². The number of nitrogens with one attached hydrogen (secondary N) is 1.